The number of fused-ring (bicyclic) bond motifs is 1. The number of rotatable bonds is 2. The standard InChI is InChI=1S/C20H21N3O3/c1-13-6-3-4-8-17(13)22-20(26)19(25)21-16-10-9-15-7-5-11-23(14(2)24)18(15)12-16/h3-4,6,8-10,12H,5,7,11H2,1-2H3,(H,21,25)(H,22,26). The molecule has 0 saturated carbocycles. The smallest absolute Gasteiger partial charge is 0.314 e. The molecule has 0 fully saturated rings. The Morgan fingerprint density at radius 2 is 1.73 bits per heavy atom. The van der Waals surface area contributed by atoms with Crippen molar-refractivity contribution in [3.8, 4) is 0 Å². The summed E-state index contributed by atoms with van der Waals surface area (Å²) in [7, 11) is 0. The number of para-hydroxylation sites is 1. The van der Waals surface area contributed by atoms with Gasteiger partial charge in [-0.05, 0) is 49.1 Å². The van der Waals surface area contributed by atoms with E-state index in [1.54, 1.807) is 29.2 Å². The Kier molecular flexibility index (Phi) is 5.02. The van der Waals surface area contributed by atoms with Crippen molar-refractivity contribution in [1.29, 1.82) is 0 Å². The number of anilines is 3. The summed E-state index contributed by atoms with van der Waals surface area (Å²) in [5, 5.41) is 5.21. The molecule has 1 heterocycles. The van der Waals surface area contributed by atoms with E-state index in [2.05, 4.69) is 10.6 Å². The summed E-state index contributed by atoms with van der Waals surface area (Å²) in [5.41, 5.74) is 3.82. The van der Waals surface area contributed by atoms with Crippen LogP contribution >= 0.6 is 0 Å². The molecule has 3 rings (SSSR count). The van der Waals surface area contributed by atoms with E-state index in [9.17, 15) is 14.4 Å². The molecule has 1 aliphatic rings. The topological polar surface area (TPSA) is 78.5 Å². The van der Waals surface area contributed by atoms with Crippen molar-refractivity contribution in [2.45, 2.75) is 26.7 Å². The zero-order chi connectivity index (χ0) is 18.7. The molecule has 0 spiro atoms. The fourth-order valence-corrected chi connectivity index (χ4v) is 3.06. The van der Waals surface area contributed by atoms with Gasteiger partial charge in [0.2, 0.25) is 5.91 Å². The third kappa shape index (κ3) is 3.74. The number of hydrogen-bond acceptors (Lipinski definition) is 3. The van der Waals surface area contributed by atoms with E-state index in [4.69, 9.17) is 0 Å². The Hall–Kier alpha value is -3.15. The van der Waals surface area contributed by atoms with Crippen LogP contribution in [-0.4, -0.2) is 24.3 Å². The lowest BCUT2D eigenvalue weighted by Gasteiger charge is -2.29. The summed E-state index contributed by atoms with van der Waals surface area (Å²) in [6.07, 6.45) is 1.80. The van der Waals surface area contributed by atoms with Crippen LogP contribution in [0.5, 0.6) is 0 Å². The third-order valence-electron chi connectivity index (χ3n) is 4.44. The second-order valence-corrected chi connectivity index (χ2v) is 6.34. The largest absolute Gasteiger partial charge is 0.318 e. The highest BCUT2D eigenvalue weighted by Gasteiger charge is 2.21. The number of carbonyl (C=O) groups excluding carboxylic acids is 3. The zero-order valence-electron chi connectivity index (χ0n) is 14.8. The zero-order valence-corrected chi connectivity index (χ0v) is 14.8. The quantitative estimate of drug-likeness (QED) is 0.817. The van der Waals surface area contributed by atoms with Gasteiger partial charge in [0.05, 0.1) is 0 Å². The van der Waals surface area contributed by atoms with E-state index >= 15 is 0 Å². The van der Waals surface area contributed by atoms with Crippen molar-refractivity contribution in [3.05, 3.63) is 53.6 Å². The third-order valence-corrected chi connectivity index (χ3v) is 4.44. The SMILES string of the molecule is CC(=O)N1CCCc2ccc(NC(=O)C(=O)Nc3ccccc3C)cc21. The van der Waals surface area contributed by atoms with Crippen LogP contribution in [-0.2, 0) is 20.8 Å². The van der Waals surface area contributed by atoms with Gasteiger partial charge >= 0.3 is 11.8 Å². The predicted octanol–water partition coefficient (Wildman–Crippen LogP) is 2.87. The molecule has 134 valence electrons. The summed E-state index contributed by atoms with van der Waals surface area (Å²) >= 11 is 0. The minimum absolute atomic E-state index is 0.0354. The number of nitrogens with one attached hydrogen (secondary N) is 2. The molecule has 6 nitrogen and oxygen atoms in total. The van der Waals surface area contributed by atoms with Gasteiger partial charge in [-0.15, -0.1) is 0 Å². The second-order valence-electron chi connectivity index (χ2n) is 6.34. The van der Waals surface area contributed by atoms with Crippen LogP contribution in [0.4, 0.5) is 17.1 Å². The summed E-state index contributed by atoms with van der Waals surface area (Å²) in [6, 6.07) is 12.6. The van der Waals surface area contributed by atoms with Crippen LogP contribution in [0.3, 0.4) is 0 Å². The molecular formula is C20H21N3O3. The highest BCUT2D eigenvalue weighted by molar-refractivity contribution is 6.43. The van der Waals surface area contributed by atoms with Crippen LogP contribution in [0.15, 0.2) is 42.5 Å². The van der Waals surface area contributed by atoms with Crippen LogP contribution in [0, 0.1) is 6.92 Å². The average molecular weight is 351 g/mol. The van der Waals surface area contributed by atoms with Gasteiger partial charge in [-0.1, -0.05) is 24.3 Å². The van der Waals surface area contributed by atoms with Crippen molar-refractivity contribution in [2.24, 2.45) is 0 Å². The maximum Gasteiger partial charge on any atom is 0.314 e. The molecule has 1 aliphatic heterocycles. The molecule has 0 aliphatic carbocycles. The van der Waals surface area contributed by atoms with Crippen molar-refractivity contribution in [3.63, 3.8) is 0 Å². The first-order chi connectivity index (χ1) is 12.5. The Labute approximate surface area is 152 Å². The van der Waals surface area contributed by atoms with Crippen LogP contribution in [0.25, 0.3) is 0 Å². The summed E-state index contributed by atoms with van der Waals surface area (Å²) < 4.78 is 0. The highest BCUT2D eigenvalue weighted by atomic mass is 16.2. The first kappa shape index (κ1) is 17.7. The summed E-state index contributed by atoms with van der Waals surface area (Å²) in [5.74, 6) is -1.52. The average Bonchev–Trinajstić information content (AvgIpc) is 2.62. The first-order valence-electron chi connectivity index (χ1n) is 8.54. The Morgan fingerprint density at radius 3 is 2.46 bits per heavy atom. The number of aryl methyl sites for hydroxylation is 2. The fraction of sp³-hybridized carbons (Fsp3) is 0.250. The van der Waals surface area contributed by atoms with Gasteiger partial charge in [0.1, 0.15) is 0 Å². The van der Waals surface area contributed by atoms with Gasteiger partial charge in [-0.3, -0.25) is 14.4 Å². The molecule has 0 saturated heterocycles. The van der Waals surface area contributed by atoms with E-state index in [1.807, 2.05) is 25.1 Å². The molecule has 2 aromatic carbocycles. The lowest BCUT2D eigenvalue weighted by atomic mass is 10.0. The lowest BCUT2D eigenvalue weighted by molar-refractivity contribution is -0.133. The van der Waals surface area contributed by atoms with Crippen LogP contribution in [0.2, 0.25) is 0 Å². The second kappa shape index (κ2) is 7.39. The molecule has 0 aromatic heterocycles. The normalized spacial score (nSPS) is 12.9. The van der Waals surface area contributed by atoms with Crippen molar-refractivity contribution >= 4 is 34.8 Å². The molecule has 0 radical (unpaired) electrons. The van der Waals surface area contributed by atoms with Gasteiger partial charge in [-0.2, -0.15) is 0 Å². The van der Waals surface area contributed by atoms with E-state index in [-0.39, 0.29) is 5.91 Å². The monoisotopic (exact) mass is 351 g/mol. The van der Waals surface area contributed by atoms with E-state index in [0.29, 0.717) is 17.9 Å². The number of amides is 3. The van der Waals surface area contributed by atoms with Crippen molar-refractivity contribution in [2.75, 3.05) is 22.1 Å². The minimum Gasteiger partial charge on any atom is -0.318 e. The molecule has 0 atom stereocenters. The Bertz CT molecular complexity index is 876. The van der Waals surface area contributed by atoms with Crippen LogP contribution < -0.4 is 15.5 Å². The maximum absolute atomic E-state index is 12.2. The predicted molar refractivity (Wildman–Crippen MR) is 101 cm³/mol. The lowest BCUT2D eigenvalue weighted by Crippen LogP contribution is -2.34. The molecule has 6 heteroatoms. The maximum atomic E-state index is 12.2. The minimum atomic E-state index is -0.751. The molecule has 2 N–H and O–H groups in total. The molecule has 0 bridgehead atoms. The van der Waals surface area contributed by atoms with Crippen LogP contribution in [0.1, 0.15) is 24.5 Å². The van der Waals surface area contributed by atoms with Gasteiger partial charge in [0.15, 0.2) is 0 Å². The van der Waals surface area contributed by atoms with E-state index < -0.39 is 11.8 Å². The molecule has 26 heavy (non-hydrogen) atoms. The molecule has 2 aromatic rings. The number of carbonyl (C=O) groups is 3. The van der Waals surface area contributed by atoms with Crippen molar-refractivity contribution in [1.82, 2.24) is 0 Å². The van der Waals surface area contributed by atoms with Gasteiger partial charge in [-0.25, -0.2) is 0 Å². The molecule has 0 unspecified atom stereocenters. The number of benzene rings is 2. The van der Waals surface area contributed by atoms with Gasteiger partial charge in [0.25, 0.3) is 0 Å². The van der Waals surface area contributed by atoms with Gasteiger partial charge < -0.3 is 15.5 Å². The van der Waals surface area contributed by atoms with E-state index in [1.165, 1.54) is 6.92 Å². The Morgan fingerprint density at radius 1 is 1.00 bits per heavy atom. The van der Waals surface area contributed by atoms with E-state index in [0.717, 1.165) is 29.7 Å². The number of nitrogens with zero attached hydrogens (tertiary/aromatic N) is 1. The molecular weight excluding hydrogens is 330 g/mol. The Balaban J connectivity index is 1.73. The fourth-order valence-electron chi connectivity index (χ4n) is 3.06. The number of hydrogen-bond donors (Lipinski definition) is 2. The summed E-state index contributed by atoms with van der Waals surface area (Å²) in [4.78, 5) is 37.9. The molecule has 3 amide bonds. The highest BCUT2D eigenvalue weighted by Crippen LogP contribution is 2.30. The first-order valence-corrected chi connectivity index (χ1v) is 8.54. The van der Waals surface area contributed by atoms with Gasteiger partial charge in [0, 0.05) is 30.5 Å². The van der Waals surface area contributed by atoms with Crippen molar-refractivity contribution < 1.29 is 14.4 Å². The summed E-state index contributed by atoms with van der Waals surface area (Å²) in [6.45, 7) is 4.04.